The fourth-order valence-corrected chi connectivity index (χ4v) is 5.22. The van der Waals surface area contributed by atoms with Crippen LogP contribution >= 0.6 is 0 Å². The summed E-state index contributed by atoms with van der Waals surface area (Å²) in [5.74, 6) is 1.78. The van der Waals surface area contributed by atoms with Crippen LogP contribution in [0.25, 0.3) is 0 Å². The Hall–Kier alpha value is -1.06. The van der Waals surface area contributed by atoms with Gasteiger partial charge >= 0.3 is 5.97 Å². The van der Waals surface area contributed by atoms with Gasteiger partial charge in [-0.1, -0.05) is 0 Å². The summed E-state index contributed by atoms with van der Waals surface area (Å²) in [6.07, 6.45) is 8.49. The Morgan fingerprint density at radius 3 is 2.05 bits per heavy atom. The maximum atomic E-state index is 12.0. The second-order valence-electron chi connectivity index (χ2n) is 7.09. The highest BCUT2D eigenvalue weighted by Gasteiger charge is 2.51. The van der Waals surface area contributed by atoms with Crippen LogP contribution in [0.1, 0.15) is 51.4 Å². The standard InChI is InChI=1S/C15H23NO3/c17-13(16-2-1-14(18)19)9-15-6-10-3-11(7-15)5-12(4-10)8-15/h10-12H,1-9H2,(H,16,17)(H,18,19). The Bertz CT molecular complexity index is 356. The third kappa shape index (κ3) is 2.77. The summed E-state index contributed by atoms with van der Waals surface area (Å²) in [5, 5.41) is 11.3. The van der Waals surface area contributed by atoms with E-state index in [1.807, 2.05) is 0 Å². The largest absolute Gasteiger partial charge is 0.481 e. The van der Waals surface area contributed by atoms with Crippen molar-refractivity contribution in [2.24, 2.45) is 23.2 Å². The molecule has 0 aromatic rings. The molecule has 4 heteroatoms. The molecule has 0 atom stereocenters. The van der Waals surface area contributed by atoms with Crippen molar-refractivity contribution in [3.05, 3.63) is 0 Å². The maximum Gasteiger partial charge on any atom is 0.305 e. The first kappa shape index (κ1) is 12.9. The zero-order valence-corrected chi connectivity index (χ0v) is 11.4. The molecule has 4 fully saturated rings. The average Bonchev–Trinajstić information content (AvgIpc) is 2.25. The first-order chi connectivity index (χ1) is 9.05. The molecule has 0 aromatic heterocycles. The Morgan fingerprint density at radius 1 is 1.05 bits per heavy atom. The molecule has 19 heavy (non-hydrogen) atoms. The van der Waals surface area contributed by atoms with Crippen molar-refractivity contribution in [3.63, 3.8) is 0 Å². The molecule has 0 radical (unpaired) electrons. The lowest BCUT2D eigenvalue weighted by molar-refractivity contribution is -0.137. The smallest absolute Gasteiger partial charge is 0.305 e. The summed E-state index contributed by atoms with van der Waals surface area (Å²) in [5.41, 5.74) is 0.252. The number of hydrogen-bond donors (Lipinski definition) is 2. The SMILES string of the molecule is O=C(O)CCNC(=O)CC12CC3CC(CC(C3)C1)C2. The van der Waals surface area contributed by atoms with E-state index < -0.39 is 5.97 Å². The zero-order valence-electron chi connectivity index (χ0n) is 11.4. The summed E-state index contributed by atoms with van der Waals surface area (Å²) in [4.78, 5) is 22.4. The van der Waals surface area contributed by atoms with Gasteiger partial charge in [0.25, 0.3) is 0 Å². The first-order valence-electron chi connectivity index (χ1n) is 7.53. The van der Waals surface area contributed by atoms with Crippen LogP contribution in [0.3, 0.4) is 0 Å². The number of rotatable bonds is 5. The molecule has 0 heterocycles. The van der Waals surface area contributed by atoms with Gasteiger partial charge in [-0.25, -0.2) is 0 Å². The monoisotopic (exact) mass is 265 g/mol. The van der Waals surface area contributed by atoms with E-state index in [0.717, 1.165) is 17.8 Å². The van der Waals surface area contributed by atoms with Crippen molar-refractivity contribution >= 4 is 11.9 Å². The van der Waals surface area contributed by atoms with Gasteiger partial charge in [0.15, 0.2) is 0 Å². The zero-order chi connectivity index (χ0) is 13.5. The highest BCUT2D eigenvalue weighted by Crippen LogP contribution is 2.61. The van der Waals surface area contributed by atoms with Crippen LogP contribution in [0.15, 0.2) is 0 Å². The van der Waals surface area contributed by atoms with Crippen molar-refractivity contribution in [1.82, 2.24) is 5.32 Å². The van der Waals surface area contributed by atoms with E-state index in [0.29, 0.717) is 6.42 Å². The first-order valence-corrected chi connectivity index (χ1v) is 7.53. The van der Waals surface area contributed by atoms with Crippen LogP contribution in [-0.4, -0.2) is 23.5 Å². The minimum atomic E-state index is -0.852. The summed E-state index contributed by atoms with van der Waals surface area (Å²) >= 11 is 0. The van der Waals surface area contributed by atoms with Crippen LogP contribution in [0.2, 0.25) is 0 Å². The lowest BCUT2D eigenvalue weighted by Crippen LogP contribution is -2.48. The van der Waals surface area contributed by atoms with E-state index in [4.69, 9.17) is 5.11 Å². The van der Waals surface area contributed by atoms with Gasteiger partial charge in [0.1, 0.15) is 0 Å². The second-order valence-corrected chi connectivity index (χ2v) is 7.09. The molecule has 4 saturated carbocycles. The van der Waals surface area contributed by atoms with Crippen LogP contribution < -0.4 is 5.32 Å². The van der Waals surface area contributed by atoms with E-state index in [1.54, 1.807) is 0 Å². The number of carboxylic acids is 1. The molecule has 0 aromatic carbocycles. The number of carboxylic acid groups (broad SMARTS) is 1. The van der Waals surface area contributed by atoms with Crippen LogP contribution in [-0.2, 0) is 9.59 Å². The summed E-state index contributed by atoms with van der Waals surface area (Å²) in [6, 6.07) is 0. The summed E-state index contributed by atoms with van der Waals surface area (Å²) in [6.45, 7) is 0.264. The Labute approximate surface area is 113 Å². The van der Waals surface area contributed by atoms with E-state index in [-0.39, 0.29) is 24.3 Å². The van der Waals surface area contributed by atoms with Gasteiger partial charge in [-0.05, 0) is 61.7 Å². The lowest BCUT2D eigenvalue weighted by atomic mass is 9.49. The number of nitrogens with one attached hydrogen (secondary N) is 1. The van der Waals surface area contributed by atoms with E-state index in [1.165, 1.54) is 38.5 Å². The van der Waals surface area contributed by atoms with Crippen molar-refractivity contribution in [2.45, 2.75) is 51.4 Å². The predicted octanol–water partition coefficient (Wildman–Crippen LogP) is 2.18. The second kappa shape index (κ2) is 4.80. The number of carbonyl (C=O) groups excluding carboxylic acids is 1. The fourth-order valence-electron chi connectivity index (χ4n) is 5.22. The molecule has 0 saturated heterocycles. The van der Waals surface area contributed by atoms with E-state index in [2.05, 4.69) is 5.32 Å². The molecule has 106 valence electrons. The van der Waals surface area contributed by atoms with Gasteiger partial charge in [-0.3, -0.25) is 9.59 Å². The lowest BCUT2D eigenvalue weighted by Gasteiger charge is -2.56. The molecule has 4 aliphatic rings. The Kier molecular flexibility index (Phi) is 3.27. The topological polar surface area (TPSA) is 66.4 Å². The minimum Gasteiger partial charge on any atom is -0.481 e. The molecule has 2 N–H and O–H groups in total. The number of aliphatic carboxylic acids is 1. The molecule has 0 unspecified atom stereocenters. The third-order valence-electron chi connectivity index (χ3n) is 5.36. The quantitative estimate of drug-likeness (QED) is 0.800. The van der Waals surface area contributed by atoms with Crippen LogP contribution in [0.5, 0.6) is 0 Å². The van der Waals surface area contributed by atoms with Gasteiger partial charge in [-0.15, -0.1) is 0 Å². The van der Waals surface area contributed by atoms with Gasteiger partial charge in [0.2, 0.25) is 5.91 Å². The van der Waals surface area contributed by atoms with Gasteiger partial charge in [0, 0.05) is 13.0 Å². The minimum absolute atomic E-state index is 0.0205. The Morgan fingerprint density at radius 2 is 1.58 bits per heavy atom. The van der Waals surface area contributed by atoms with Crippen molar-refractivity contribution in [2.75, 3.05) is 6.54 Å². The molecule has 4 nitrogen and oxygen atoms in total. The highest BCUT2D eigenvalue weighted by molar-refractivity contribution is 5.77. The van der Waals surface area contributed by atoms with Gasteiger partial charge < -0.3 is 10.4 Å². The molecule has 0 spiro atoms. The van der Waals surface area contributed by atoms with E-state index >= 15 is 0 Å². The Balaban J connectivity index is 1.54. The van der Waals surface area contributed by atoms with Gasteiger partial charge in [0.05, 0.1) is 6.42 Å². The predicted molar refractivity (Wildman–Crippen MR) is 70.5 cm³/mol. The number of amides is 1. The summed E-state index contributed by atoms with van der Waals surface area (Å²) < 4.78 is 0. The molecule has 4 rings (SSSR count). The third-order valence-corrected chi connectivity index (χ3v) is 5.36. The summed E-state index contributed by atoms with van der Waals surface area (Å²) in [7, 11) is 0. The highest BCUT2D eigenvalue weighted by atomic mass is 16.4. The molecule has 0 aliphatic heterocycles. The van der Waals surface area contributed by atoms with Crippen LogP contribution in [0.4, 0.5) is 0 Å². The van der Waals surface area contributed by atoms with Crippen LogP contribution in [0, 0.1) is 23.2 Å². The molecular weight excluding hydrogens is 242 g/mol. The molecule has 1 amide bonds. The van der Waals surface area contributed by atoms with Crippen molar-refractivity contribution in [1.29, 1.82) is 0 Å². The number of carbonyl (C=O) groups is 2. The van der Waals surface area contributed by atoms with Crippen molar-refractivity contribution < 1.29 is 14.7 Å². The molecule has 4 aliphatic carbocycles. The normalized spacial score (nSPS) is 39.3. The molecular formula is C15H23NO3. The van der Waals surface area contributed by atoms with Gasteiger partial charge in [-0.2, -0.15) is 0 Å². The average molecular weight is 265 g/mol. The molecule has 4 bridgehead atoms. The van der Waals surface area contributed by atoms with Crippen molar-refractivity contribution in [3.8, 4) is 0 Å². The number of hydrogen-bond acceptors (Lipinski definition) is 2. The maximum absolute atomic E-state index is 12.0. The fraction of sp³-hybridized carbons (Fsp3) is 0.867. The van der Waals surface area contributed by atoms with E-state index in [9.17, 15) is 9.59 Å².